The van der Waals surface area contributed by atoms with Crippen LogP contribution in [0, 0.1) is 11.3 Å². The van der Waals surface area contributed by atoms with Crippen LogP contribution in [0.1, 0.15) is 5.56 Å². The van der Waals surface area contributed by atoms with Crippen molar-refractivity contribution in [2.45, 2.75) is 24.3 Å². The molecule has 5 rings (SSSR count). The molecule has 2 saturated heterocycles. The number of hydrogen-bond donors (Lipinski definition) is 3. The molecule has 1 aromatic heterocycles. The summed E-state index contributed by atoms with van der Waals surface area (Å²) in [6, 6.07) is 18.6. The number of aromatic nitrogens is 2. The van der Waals surface area contributed by atoms with E-state index in [1.54, 1.807) is 31.5 Å². The van der Waals surface area contributed by atoms with Crippen LogP contribution in [-0.4, -0.2) is 59.7 Å². The Morgan fingerprint density at radius 1 is 1.09 bits per heavy atom. The number of para-hydroxylation sites is 1. The van der Waals surface area contributed by atoms with Crippen LogP contribution in [0.4, 0.5) is 11.6 Å². The maximum absolute atomic E-state index is 9.08. The topological polar surface area (TPSA) is 113 Å². The van der Waals surface area contributed by atoms with Crippen LogP contribution in [0.3, 0.4) is 0 Å². The van der Waals surface area contributed by atoms with Gasteiger partial charge in [0.1, 0.15) is 18.0 Å². The molecular formula is C25H24N6O3S. The summed E-state index contributed by atoms with van der Waals surface area (Å²) in [5.74, 6) is 1.25. The number of benzene rings is 2. The SMILES string of the molecule is COc1ccccc1-c1ccnc(NC2COC3C(NC(=S)Nc4cccc(C#N)c4)COC23)n1. The van der Waals surface area contributed by atoms with Gasteiger partial charge in [-0.25, -0.2) is 9.97 Å². The predicted molar refractivity (Wildman–Crippen MR) is 135 cm³/mol. The van der Waals surface area contributed by atoms with Crippen LogP contribution < -0.4 is 20.7 Å². The van der Waals surface area contributed by atoms with Gasteiger partial charge in [0.05, 0.1) is 49.7 Å². The monoisotopic (exact) mass is 488 g/mol. The molecule has 0 aliphatic carbocycles. The van der Waals surface area contributed by atoms with Gasteiger partial charge in [-0.15, -0.1) is 0 Å². The fourth-order valence-electron chi connectivity index (χ4n) is 4.35. The van der Waals surface area contributed by atoms with Crippen LogP contribution in [-0.2, 0) is 9.47 Å². The fourth-order valence-corrected chi connectivity index (χ4v) is 4.62. The van der Waals surface area contributed by atoms with Crippen LogP contribution in [0.25, 0.3) is 11.3 Å². The largest absolute Gasteiger partial charge is 0.496 e. The number of anilines is 2. The van der Waals surface area contributed by atoms with Crippen molar-refractivity contribution in [2.75, 3.05) is 31.0 Å². The number of nitrogens with one attached hydrogen (secondary N) is 3. The highest BCUT2D eigenvalue weighted by molar-refractivity contribution is 7.80. The smallest absolute Gasteiger partial charge is 0.223 e. The van der Waals surface area contributed by atoms with Gasteiger partial charge < -0.3 is 30.2 Å². The minimum atomic E-state index is -0.171. The van der Waals surface area contributed by atoms with E-state index in [1.807, 2.05) is 36.4 Å². The molecule has 0 spiro atoms. The highest BCUT2D eigenvalue weighted by Crippen LogP contribution is 2.31. The Balaban J connectivity index is 1.21. The molecule has 2 fully saturated rings. The molecule has 2 aromatic carbocycles. The normalized spacial score (nSPS) is 22.6. The zero-order chi connectivity index (χ0) is 24.2. The first-order chi connectivity index (χ1) is 17.1. The molecule has 3 N–H and O–H groups in total. The first kappa shape index (κ1) is 23.0. The van der Waals surface area contributed by atoms with E-state index in [0.717, 1.165) is 22.7 Å². The maximum Gasteiger partial charge on any atom is 0.223 e. The second-order valence-corrected chi connectivity index (χ2v) is 8.62. The van der Waals surface area contributed by atoms with E-state index in [4.69, 9.17) is 31.7 Å². The van der Waals surface area contributed by atoms with Crippen LogP contribution >= 0.6 is 12.2 Å². The van der Waals surface area contributed by atoms with Crippen LogP contribution in [0.15, 0.2) is 60.8 Å². The van der Waals surface area contributed by atoms with E-state index in [-0.39, 0.29) is 24.3 Å². The van der Waals surface area contributed by atoms with Crippen molar-refractivity contribution in [3.8, 4) is 23.1 Å². The van der Waals surface area contributed by atoms with Crippen molar-refractivity contribution in [1.82, 2.24) is 15.3 Å². The number of nitriles is 1. The van der Waals surface area contributed by atoms with Crippen molar-refractivity contribution in [1.29, 1.82) is 5.26 Å². The molecule has 10 heteroatoms. The zero-order valence-corrected chi connectivity index (χ0v) is 19.8. The molecule has 4 atom stereocenters. The Morgan fingerprint density at radius 2 is 1.89 bits per heavy atom. The van der Waals surface area contributed by atoms with E-state index in [9.17, 15) is 0 Å². The molecule has 0 bridgehead atoms. The van der Waals surface area contributed by atoms with Gasteiger partial charge >= 0.3 is 0 Å². The fraction of sp³-hybridized carbons (Fsp3) is 0.280. The minimum Gasteiger partial charge on any atom is -0.496 e. The molecule has 0 saturated carbocycles. The van der Waals surface area contributed by atoms with E-state index in [1.165, 1.54) is 0 Å². The van der Waals surface area contributed by atoms with Crippen LogP contribution in [0.5, 0.6) is 5.75 Å². The molecule has 9 nitrogen and oxygen atoms in total. The van der Waals surface area contributed by atoms with E-state index < -0.39 is 0 Å². The van der Waals surface area contributed by atoms with Gasteiger partial charge in [0.25, 0.3) is 0 Å². The molecule has 35 heavy (non-hydrogen) atoms. The van der Waals surface area contributed by atoms with Crippen molar-refractivity contribution in [2.24, 2.45) is 0 Å². The second-order valence-electron chi connectivity index (χ2n) is 8.21. The molecular weight excluding hydrogens is 464 g/mol. The Hall–Kier alpha value is -3.78. The van der Waals surface area contributed by atoms with E-state index >= 15 is 0 Å². The number of thiocarbonyl (C=S) groups is 1. The Kier molecular flexibility index (Phi) is 6.72. The van der Waals surface area contributed by atoms with Gasteiger partial charge in [0.2, 0.25) is 5.95 Å². The number of ether oxygens (including phenoxy) is 3. The highest BCUT2D eigenvalue weighted by atomic mass is 32.1. The Labute approximate surface area is 208 Å². The minimum absolute atomic E-state index is 0.103. The van der Waals surface area contributed by atoms with E-state index in [2.05, 4.69) is 32.0 Å². The second kappa shape index (κ2) is 10.2. The van der Waals surface area contributed by atoms with Crippen LogP contribution in [0.2, 0.25) is 0 Å². The zero-order valence-electron chi connectivity index (χ0n) is 19.0. The van der Waals surface area contributed by atoms with Gasteiger partial charge in [0.15, 0.2) is 5.11 Å². The molecule has 2 aliphatic rings. The first-order valence-corrected chi connectivity index (χ1v) is 11.6. The molecule has 0 radical (unpaired) electrons. The van der Waals surface area contributed by atoms with Gasteiger partial charge in [-0.05, 0) is 48.6 Å². The summed E-state index contributed by atoms with van der Waals surface area (Å²) >= 11 is 5.47. The third kappa shape index (κ3) is 5.02. The van der Waals surface area contributed by atoms with Crippen molar-refractivity contribution in [3.63, 3.8) is 0 Å². The van der Waals surface area contributed by atoms with Gasteiger partial charge in [-0.2, -0.15) is 5.26 Å². The third-order valence-corrected chi connectivity index (χ3v) is 6.19. The summed E-state index contributed by atoms with van der Waals surface area (Å²) < 4.78 is 17.6. The summed E-state index contributed by atoms with van der Waals surface area (Å²) in [5, 5.41) is 19.3. The molecule has 3 aromatic rings. The molecule has 2 aliphatic heterocycles. The standard InChI is InChI=1S/C25H24N6O3S/c1-32-21-8-3-2-7-17(21)18-9-10-27-24(29-18)30-19-13-33-23-20(14-34-22(19)23)31-25(35)28-16-6-4-5-15(11-16)12-26/h2-11,19-20,22-23H,13-14H2,1H3,(H,27,29,30)(H2,28,31,35). The van der Waals surface area contributed by atoms with Gasteiger partial charge in [-0.3, -0.25) is 0 Å². The lowest BCUT2D eigenvalue weighted by Gasteiger charge is -2.20. The summed E-state index contributed by atoms with van der Waals surface area (Å²) in [4.78, 5) is 9.06. The molecule has 4 unspecified atom stereocenters. The average molecular weight is 489 g/mol. The highest BCUT2D eigenvalue weighted by Gasteiger charge is 2.48. The lowest BCUT2D eigenvalue weighted by Crippen LogP contribution is -2.46. The number of nitrogens with zero attached hydrogens (tertiary/aromatic N) is 3. The maximum atomic E-state index is 9.08. The van der Waals surface area contributed by atoms with Crippen molar-refractivity contribution >= 4 is 29.0 Å². The molecule has 178 valence electrons. The number of methoxy groups -OCH3 is 1. The number of hydrogen-bond acceptors (Lipinski definition) is 8. The van der Waals surface area contributed by atoms with Gasteiger partial charge in [0, 0.05) is 17.4 Å². The van der Waals surface area contributed by atoms with Gasteiger partial charge in [-0.1, -0.05) is 18.2 Å². The number of fused-ring (bicyclic) bond motifs is 1. The average Bonchev–Trinajstić information content (AvgIpc) is 3.47. The lowest BCUT2D eigenvalue weighted by atomic mass is 10.1. The van der Waals surface area contributed by atoms with Crippen molar-refractivity contribution in [3.05, 3.63) is 66.4 Å². The predicted octanol–water partition coefficient (Wildman–Crippen LogP) is 2.96. The lowest BCUT2D eigenvalue weighted by molar-refractivity contribution is 0.0689. The summed E-state index contributed by atoms with van der Waals surface area (Å²) in [6.45, 7) is 0.913. The summed E-state index contributed by atoms with van der Waals surface area (Å²) in [6.07, 6.45) is 1.38. The Morgan fingerprint density at radius 3 is 2.71 bits per heavy atom. The Bertz CT molecular complexity index is 1270. The summed E-state index contributed by atoms with van der Waals surface area (Å²) in [5.41, 5.74) is 2.96. The third-order valence-electron chi connectivity index (χ3n) is 5.97. The molecule has 3 heterocycles. The van der Waals surface area contributed by atoms with E-state index in [0.29, 0.717) is 29.8 Å². The summed E-state index contributed by atoms with van der Waals surface area (Å²) in [7, 11) is 1.64. The first-order valence-electron chi connectivity index (χ1n) is 11.2. The number of rotatable bonds is 6. The molecule has 0 amide bonds. The quantitative estimate of drug-likeness (QED) is 0.448. The van der Waals surface area contributed by atoms with Crippen molar-refractivity contribution < 1.29 is 14.2 Å².